The first kappa shape index (κ1) is 24.7. The number of methoxy groups -OCH3 is 2. The second-order valence-corrected chi connectivity index (χ2v) is 13.2. The standard InChI is InChI=1S/C28H26I2O4/c1-31-25-11-3-21(4-12-25)29-23-7-15-27(16-8-23)33-19-20-34-28-17-9-24(10-18-28)30-22-5-13-26(32-2)14-6-22/h3-18H,19-20H2,1-2H3/q-2. The fourth-order valence-electron chi connectivity index (χ4n) is 3.03. The van der Waals surface area contributed by atoms with E-state index in [4.69, 9.17) is 18.9 Å². The van der Waals surface area contributed by atoms with Crippen LogP contribution in [-0.4, -0.2) is 27.4 Å². The first-order chi connectivity index (χ1) is 16.7. The van der Waals surface area contributed by atoms with Crippen molar-refractivity contribution in [2.75, 3.05) is 27.4 Å². The second-order valence-electron chi connectivity index (χ2n) is 7.11. The average Bonchev–Trinajstić information content (AvgIpc) is 2.89. The molecule has 0 amide bonds. The van der Waals surface area contributed by atoms with Crippen LogP contribution < -0.4 is 61.4 Å². The van der Waals surface area contributed by atoms with E-state index in [0.29, 0.717) is 13.2 Å². The van der Waals surface area contributed by atoms with E-state index < -0.39 is 0 Å². The maximum absolute atomic E-state index is 5.85. The topological polar surface area (TPSA) is 36.9 Å². The van der Waals surface area contributed by atoms with E-state index in [1.807, 2.05) is 48.5 Å². The Hall–Kier alpha value is -2.46. The summed E-state index contributed by atoms with van der Waals surface area (Å²) in [6.45, 7) is 1.01. The summed E-state index contributed by atoms with van der Waals surface area (Å²) < 4.78 is 27.6. The quantitative estimate of drug-likeness (QED) is 0.157. The van der Waals surface area contributed by atoms with Crippen LogP contribution in [0.25, 0.3) is 0 Å². The molecule has 4 rings (SSSR count). The molecule has 0 saturated heterocycles. The van der Waals surface area contributed by atoms with Gasteiger partial charge >= 0.3 is 223 Å². The van der Waals surface area contributed by atoms with Crippen LogP contribution in [0, 0.1) is 14.3 Å². The first-order valence-corrected chi connectivity index (χ1v) is 15.1. The Kier molecular flexibility index (Phi) is 9.32. The molecule has 4 aromatic rings. The van der Waals surface area contributed by atoms with E-state index in [2.05, 4.69) is 48.5 Å². The third kappa shape index (κ3) is 7.53. The normalized spacial score (nSPS) is 10.8. The van der Waals surface area contributed by atoms with Crippen molar-refractivity contribution < 1.29 is 61.4 Å². The monoisotopic (exact) mass is 680 g/mol. The van der Waals surface area contributed by atoms with E-state index in [0.717, 1.165) is 23.0 Å². The summed E-state index contributed by atoms with van der Waals surface area (Å²) in [5, 5.41) is 0. The summed E-state index contributed by atoms with van der Waals surface area (Å²) in [6.07, 6.45) is 0. The first-order valence-electron chi connectivity index (χ1n) is 10.8. The molecule has 0 radical (unpaired) electrons. The van der Waals surface area contributed by atoms with Crippen LogP contribution in [0.5, 0.6) is 23.0 Å². The molecule has 6 heteroatoms. The molecule has 0 aromatic heterocycles. The van der Waals surface area contributed by atoms with E-state index in [1.54, 1.807) is 14.2 Å². The minimum absolute atomic E-state index is 0.211. The molecule has 0 unspecified atom stereocenters. The molecule has 0 spiro atoms. The molecule has 0 N–H and O–H groups in total. The van der Waals surface area contributed by atoms with E-state index in [-0.39, 0.29) is 42.4 Å². The molecule has 34 heavy (non-hydrogen) atoms. The van der Waals surface area contributed by atoms with Crippen LogP contribution in [-0.2, 0) is 0 Å². The van der Waals surface area contributed by atoms with Crippen molar-refractivity contribution in [1.82, 2.24) is 0 Å². The van der Waals surface area contributed by atoms with Gasteiger partial charge in [-0.15, -0.1) is 0 Å². The van der Waals surface area contributed by atoms with Crippen molar-refractivity contribution in [1.29, 1.82) is 0 Å². The molecule has 4 nitrogen and oxygen atoms in total. The number of hydrogen-bond acceptors (Lipinski definition) is 4. The average molecular weight is 680 g/mol. The molecule has 0 aliphatic carbocycles. The third-order valence-corrected chi connectivity index (χ3v) is 10.2. The third-order valence-electron chi connectivity index (χ3n) is 4.78. The van der Waals surface area contributed by atoms with Gasteiger partial charge in [-0.05, 0) is 0 Å². The summed E-state index contributed by atoms with van der Waals surface area (Å²) in [4.78, 5) is 0. The van der Waals surface area contributed by atoms with E-state index in [1.165, 1.54) is 14.3 Å². The molecular formula is C28H26I2O4-2. The second kappa shape index (κ2) is 12.9. The van der Waals surface area contributed by atoms with Crippen LogP contribution in [0.2, 0.25) is 0 Å². The van der Waals surface area contributed by atoms with E-state index in [9.17, 15) is 0 Å². The molecule has 4 aromatic carbocycles. The van der Waals surface area contributed by atoms with Crippen LogP contribution in [0.15, 0.2) is 97.1 Å². The molecule has 0 fully saturated rings. The number of halogens is 2. The van der Waals surface area contributed by atoms with Crippen molar-refractivity contribution in [3.8, 4) is 23.0 Å². The van der Waals surface area contributed by atoms with Gasteiger partial charge in [0.15, 0.2) is 0 Å². The Morgan fingerprint density at radius 2 is 0.676 bits per heavy atom. The van der Waals surface area contributed by atoms with Crippen LogP contribution in [0.1, 0.15) is 0 Å². The van der Waals surface area contributed by atoms with Crippen molar-refractivity contribution >= 4 is 0 Å². The molecule has 0 saturated carbocycles. The Morgan fingerprint density at radius 3 is 0.941 bits per heavy atom. The van der Waals surface area contributed by atoms with Gasteiger partial charge in [-0.1, -0.05) is 0 Å². The van der Waals surface area contributed by atoms with Gasteiger partial charge in [-0.25, -0.2) is 0 Å². The predicted octanol–water partition coefficient (Wildman–Crippen LogP) is -0.582. The number of hydrogen-bond donors (Lipinski definition) is 0. The van der Waals surface area contributed by atoms with Crippen molar-refractivity contribution in [2.45, 2.75) is 0 Å². The van der Waals surface area contributed by atoms with Gasteiger partial charge in [0.25, 0.3) is 0 Å². The zero-order valence-electron chi connectivity index (χ0n) is 19.0. The number of rotatable bonds is 11. The predicted molar refractivity (Wildman–Crippen MR) is 125 cm³/mol. The zero-order valence-corrected chi connectivity index (χ0v) is 23.4. The fourth-order valence-corrected chi connectivity index (χ4v) is 7.34. The molecule has 0 atom stereocenters. The van der Waals surface area contributed by atoms with Gasteiger partial charge < -0.3 is 0 Å². The molecule has 0 aliphatic heterocycles. The summed E-state index contributed by atoms with van der Waals surface area (Å²) in [5.74, 6) is 3.52. The maximum atomic E-state index is 5.85. The number of benzene rings is 4. The van der Waals surface area contributed by atoms with Crippen molar-refractivity contribution in [2.24, 2.45) is 0 Å². The summed E-state index contributed by atoms with van der Waals surface area (Å²) in [7, 11) is 3.38. The van der Waals surface area contributed by atoms with E-state index >= 15 is 0 Å². The Morgan fingerprint density at radius 1 is 0.412 bits per heavy atom. The van der Waals surface area contributed by atoms with Crippen molar-refractivity contribution in [3.63, 3.8) is 0 Å². The Bertz CT molecular complexity index is 1050. The van der Waals surface area contributed by atoms with Crippen molar-refractivity contribution in [3.05, 3.63) is 111 Å². The Labute approximate surface area is 221 Å². The molecular weight excluding hydrogens is 654 g/mol. The van der Waals surface area contributed by atoms with Crippen LogP contribution in [0.3, 0.4) is 0 Å². The van der Waals surface area contributed by atoms with Gasteiger partial charge in [-0.2, -0.15) is 0 Å². The fraction of sp³-hybridized carbons (Fsp3) is 0.143. The molecule has 0 heterocycles. The Balaban J connectivity index is 1.18. The van der Waals surface area contributed by atoms with Gasteiger partial charge in [0.2, 0.25) is 0 Å². The summed E-state index contributed by atoms with van der Waals surface area (Å²) >= 11 is -0.422. The SMILES string of the molecule is COc1ccc([I-]c2ccc(OCCOc3ccc([I-]c4ccc(OC)cc4)cc3)cc2)cc1. The molecule has 178 valence electrons. The van der Waals surface area contributed by atoms with Gasteiger partial charge in [0.1, 0.15) is 0 Å². The summed E-state index contributed by atoms with van der Waals surface area (Å²) in [6, 6.07) is 33.4. The van der Waals surface area contributed by atoms with Crippen LogP contribution >= 0.6 is 0 Å². The van der Waals surface area contributed by atoms with Gasteiger partial charge in [-0.3, -0.25) is 0 Å². The minimum atomic E-state index is -0.211. The molecule has 0 bridgehead atoms. The summed E-state index contributed by atoms with van der Waals surface area (Å²) in [5.41, 5.74) is 0. The van der Waals surface area contributed by atoms with Gasteiger partial charge in [0, 0.05) is 0 Å². The van der Waals surface area contributed by atoms with Gasteiger partial charge in [0.05, 0.1) is 0 Å². The van der Waals surface area contributed by atoms with Crippen LogP contribution in [0.4, 0.5) is 0 Å². The zero-order chi connectivity index (χ0) is 23.6. The number of ether oxygens (including phenoxy) is 4. The molecule has 0 aliphatic rings.